The van der Waals surface area contributed by atoms with Crippen molar-refractivity contribution >= 4 is 15.9 Å². The third-order valence-electron chi connectivity index (χ3n) is 1.72. The molecule has 1 rings (SSSR count). The van der Waals surface area contributed by atoms with E-state index in [-0.39, 0.29) is 0 Å². The van der Waals surface area contributed by atoms with E-state index in [0.717, 1.165) is 22.9 Å². The second kappa shape index (κ2) is 4.27. The van der Waals surface area contributed by atoms with Crippen LogP contribution in [0.3, 0.4) is 0 Å². The smallest absolute Gasteiger partial charge is 0.100 e. The molecule has 0 amide bonds. The first kappa shape index (κ1) is 9.28. The van der Waals surface area contributed by atoms with E-state index in [1.54, 1.807) is 0 Å². The molecule has 1 aromatic rings. The second-order valence-corrected chi connectivity index (χ2v) is 3.43. The van der Waals surface area contributed by atoms with E-state index >= 15 is 0 Å². The van der Waals surface area contributed by atoms with E-state index in [0.29, 0.717) is 0 Å². The van der Waals surface area contributed by atoms with Crippen molar-refractivity contribution in [1.29, 1.82) is 5.26 Å². The Morgan fingerprint density at radius 2 is 2.25 bits per heavy atom. The molecule has 0 spiro atoms. The predicted molar refractivity (Wildman–Crippen MR) is 52.9 cm³/mol. The maximum absolute atomic E-state index is 8.73. The van der Waals surface area contributed by atoms with Crippen LogP contribution in [0.5, 0.6) is 0 Å². The van der Waals surface area contributed by atoms with E-state index < -0.39 is 0 Å². The third-order valence-corrected chi connectivity index (χ3v) is 2.65. The molecule has 0 fully saturated rings. The van der Waals surface area contributed by atoms with Crippen LogP contribution in [0, 0.1) is 11.3 Å². The summed E-state index contributed by atoms with van der Waals surface area (Å²) >= 11 is 3.42. The molecule has 0 saturated carbocycles. The molecule has 2 heteroatoms. The summed E-state index contributed by atoms with van der Waals surface area (Å²) in [7, 11) is 0. The number of rotatable bonds is 2. The van der Waals surface area contributed by atoms with E-state index in [1.165, 1.54) is 5.56 Å². The van der Waals surface area contributed by atoms with E-state index in [1.807, 2.05) is 12.1 Å². The minimum Gasteiger partial charge on any atom is -0.192 e. The summed E-state index contributed by atoms with van der Waals surface area (Å²) in [6, 6.07) is 7.94. The fraction of sp³-hybridized carbons (Fsp3) is 0.300. The van der Waals surface area contributed by atoms with Crippen molar-refractivity contribution in [2.24, 2.45) is 0 Å². The summed E-state index contributed by atoms with van der Waals surface area (Å²) in [5.74, 6) is 0. The van der Waals surface area contributed by atoms with Crippen molar-refractivity contribution < 1.29 is 0 Å². The van der Waals surface area contributed by atoms with Gasteiger partial charge in [0.05, 0.1) is 5.56 Å². The Morgan fingerprint density at radius 1 is 1.50 bits per heavy atom. The molecule has 0 aliphatic carbocycles. The van der Waals surface area contributed by atoms with E-state index in [4.69, 9.17) is 5.26 Å². The highest BCUT2D eigenvalue weighted by atomic mass is 79.9. The number of nitriles is 1. The summed E-state index contributed by atoms with van der Waals surface area (Å²) in [5, 5.41) is 8.73. The molecule has 62 valence electrons. The van der Waals surface area contributed by atoms with Crippen LogP contribution in [0.2, 0.25) is 0 Å². The fourth-order valence-electron chi connectivity index (χ4n) is 1.13. The molecule has 0 aliphatic heterocycles. The van der Waals surface area contributed by atoms with Crippen molar-refractivity contribution in [1.82, 2.24) is 0 Å². The largest absolute Gasteiger partial charge is 0.192 e. The third kappa shape index (κ3) is 1.86. The molecule has 12 heavy (non-hydrogen) atoms. The number of benzene rings is 1. The molecule has 0 atom stereocenters. The molecule has 0 saturated heterocycles. The Morgan fingerprint density at radius 3 is 2.83 bits per heavy atom. The van der Waals surface area contributed by atoms with Crippen molar-refractivity contribution in [2.45, 2.75) is 19.8 Å². The highest BCUT2D eigenvalue weighted by molar-refractivity contribution is 9.10. The Bertz CT molecular complexity index is 312. The molecular formula is C10H10BrN. The summed E-state index contributed by atoms with van der Waals surface area (Å²) in [4.78, 5) is 0. The van der Waals surface area contributed by atoms with Crippen molar-refractivity contribution in [3.05, 3.63) is 33.8 Å². The Kier molecular flexibility index (Phi) is 3.31. The van der Waals surface area contributed by atoms with E-state index in [9.17, 15) is 0 Å². The number of hydrogen-bond donors (Lipinski definition) is 0. The SMILES string of the molecule is CCCc1cccc(C#N)c1Br. The number of nitrogens with zero attached hydrogens (tertiary/aromatic N) is 1. The molecule has 1 aromatic carbocycles. The van der Waals surface area contributed by atoms with Crippen LogP contribution >= 0.6 is 15.9 Å². The van der Waals surface area contributed by atoms with Gasteiger partial charge in [-0.3, -0.25) is 0 Å². The lowest BCUT2D eigenvalue weighted by Crippen LogP contribution is -1.87. The van der Waals surface area contributed by atoms with E-state index in [2.05, 4.69) is 35.0 Å². The van der Waals surface area contributed by atoms with Gasteiger partial charge in [-0.2, -0.15) is 5.26 Å². The van der Waals surface area contributed by atoms with Gasteiger partial charge in [0.1, 0.15) is 6.07 Å². The maximum atomic E-state index is 8.73. The molecule has 0 unspecified atom stereocenters. The topological polar surface area (TPSA) is 23.8 Å². The van der Waals surface area contributed by atoms with Crippen LogP contribution in [0.25, 0.3) is 0 Å². The van der Waals surface area contributed by atoms with Gasteiger partial charge in [0, 0.05) is 4.47 Å². The predicted octanol–water partition coefficient (Wildman–Crippen LogP) is 3.27. The van der Waals surface area contributed by atoms with Gasteiger partial charge >= 0.3 is 0 Å². The van der Waals surface area contributed by atoms with Crippen molar-refractivity contribution in [2.75, 3.05) is 0 Å². The Hall–Kier alpha value is -0.810. The van der Waals surface area contributed by atoms with Gasteiger partial charge in [0.25, 0.3) is 0 Å². The molecular weight excluding hydrogens is 214 g/mol. The second-order valence-electron chi connectivity index (χ2n) is 2.64. The molecule has 1 nitrogen and oxygen atoms in total. The summed E-state index contributed by atoms with van der Waals surface area (Å²) < 4.78 is 0.953. The van der Waals surface area contributed by atoms with Gasteiger partial charge in [0.15, 0.2) is 0 Å². The van der Waals surface area contributed by atoms with Gasteiger partial charge in [-0.05, 0) is 34.0 Å². The molecule has 0 radical (unpaired) electrons. The van der Waals surface area contributed by atoms with Gasteiger partial charge in [-0.15, -0.1) is 0 Å². The summed E-state index contributed by atoms with van der Waals surface area (Å²) in [5.41, 5.74) is 1.94. The molecule has 0 aliphatic rings. The van der Waals surface area contributed by atoms with Crippen LogP contribution in [0.1, 0.15) is 24.5 Å². The minimum atomic E-state index is 0.723. The average Bonchev–Trinajstić information content (AvgIpc) is 2.09. The average molecular weight is 224 g/mol. The first-order chi connectivity index (χ1) is 5.79. The first-order valence-corrected chi connectivity index (χ1v) is 4.76. The molecule has 0 heterocycles. The lowest BCUT2D eigenvalue weighted by Gasteiger charge is -2.02. The number of halogens is 1. The van der Waals surface area contributed by atoms with Crippen LogP contribution in [0.15, 0.2) is 22.7 Å². The fourth-order valence-corrected chi connectivity index (χ4v) is 1.68. The van der Waals surface area contributed by atoms with Gasteiger partial charge < -0.3 is 0 Å². The highest BCUT2D eigenvalue weighted by Gasteiger charge is 2.02. The van der Waals surface area contributed by atoms with Crippen LogP contribution in [-0.2, 0) is 6.42 Å². The first-order valence-electron chi connectivity index (χ1n) is 3.97. The quantitative estimate of drug-likeness (QED) is 0.756. The summed E-state index contributed by atoms with van der Waals surface area (Å²) in [6.07, 6.45) is 2.13. The lowest BCUT2D eigenvalue weighted by molar-refractivity contribution is 0.916. The highest BCUT2D eigenvalue weighted by Crippen LogP contribution is 2.22. The van der Waals surface area contributed by atoms with Gasteiger partial charge in [-0.1, -0.05) is 25.5 Å². The van der Waals surface area contributed by atoms with Crippen LogP contribution in [-0.4, -0.2) is 0 Å². The number of aryl methyl sites for hydroxylation is 1. The summed E-state index contributed by atoms with van der Waals surface area (Å²) in [6.45, 7) is 2.13. The molecule has 0 aromatic heterocycles. The normalized spacial score (nSPS) is 9.42. The van der Waals surface area contributed by atoms with Gasteiger partial charge in [-0.25, -0.2) is 0 Å². The zero-order valence-electron chi connectivity index (χ0n) is 6.97. The molecule has 0 N–H and O–H groups in total. The standard InChI is InChI=1S/C10H10BrN/c1-2-4-8-5-3-6-9(7-12)10(8)11/h3,5-6H,2,4H2,1H3. The van der Waals surface area contributed by atoms with Gasteiger partial charge in [0.2, 0.25) is 0 Å². The molecule has 0 bridgehead atoms. The minimum absolute atomic E-state index is 0.723. The lowest BCUT2D eigenvalue weighted by atomic mass is 10.1. The zero-order chi connectivity index (χ0) is 8.97. The van der Waals surface area contributed by atoms with Crippen molar-refractivity contribution in [3.8, 4) is 6.07 Å². The van der Waals surface area contributed by atoms with Crippen LogP contribution < -0.4 is 0 Å². The zero-order valence-corrected chi connectivity index (χ0v) is 8.56. The van der Waals surface area contributed by atoms with Crippen LogP contribution in [0.4, 0.5) is 0 Å². The monoisotopic (exact) mass is 223 g/mol. The van der Waals surface area contributed by atoms with Crippen molar-refractivity contribution in [3.63, 3.8) is 0 Å². The Balaban J connectivity index is 3.07. The number of hydrogen-bond acceptors (Lipinski definition) is 1. The Labute approximate surface area is 81.2 Å². The maximum Gasteiger partial charge on any atom is 0.100 e.